The minimum atomic E-state index is 0.932. The molecule has 94 valence electrons. The zero-order valence-electron chi connectivity index (χ0n) is 10.8. The van der Waals surface area contributed by atoms with Crippen LogP contribution in [0.25, 0.3) is 16.0 Å². The standard InChI is InChI=1S/C16H14N2S/c1-11-9-14(13-6-4-2-3-5-12(11)13)15-10-18-8-7-17-16(18)19-15/h2-6,9-10H,7-8H2,1H3. The van der Waals surface area contributed by atoms with Crippen LogP contribution in [0.5, 0.6) is 0 Å². The van der Waals surface area contributed by atoms with Crippen LogP contribution in [0.3, 0.4) is 0 Å². The molecular weight excluding hydrogens is 252 g/mol. The van der Waals surface area contributed by atoms with E-state index in [4.69, 9.17) is 0 Å². The third-order valence-electron chi connectivity index (χ3n) is 3.69. The smallest absolute Gasteiger partial charge is 0.168 e. The lowest BCUT2D eigenvalue weighted by Gasteiger charge is -2.04. The molecule has 0 fully saturated rings. The van der Waals surface area contributed by atoms with E-state index in [0.29, 0.717) is 0 Å². The van der Waals surface area contributed by atoms with Crippen LogP contribution in [0, 0.1) is 6.92 Å². The monoisotopic (exact) mass is 266 g/mol. The van der Waals surface area contributed by atoms with Gasteiger partial charge in [0, 0.05) is 17.6 Å². The second-order valence-electron chi connectivity index (χ2n) is 4.93. The van der Waals surface area contributed by atoms with Crippen molar-refractivity contribution < 1.29 is 0 Å². The summed E-state index contributed by atoms with van der Waals surface area (Å²) >= 11 is 1.80. The maximum Gasteiger partial charge on any atom is 0.168 e. The van der Waals surface area contributed by atoms with Crippen LogP contribution in [0.4, 0.5) is 0 Å². The average molecular weight is 266 g/mol. The first-order valence-electron chi connectivity index (χ1n) is 6.52. The van der Waals surface area contributed by atoms with Crippen molar-refractivity contribution >= 4 is 21.8 Å². The number of nitrogens with zero attached hydrogens (tertiary/aromatic N) is 2. The molecule has 4 aliphatic rings. The number of rotatable bonds is 1. The Morgan fingerprint density at radius 1 is 1.11 bits per heavy atom. The highest BCUT2D eigenvalue weighted by atomic mass is 32.2. The highest BCUT2D eigenvalue weighted by Gasteiger charge is 2.27. The fraction of sp³-hybridized carbons (Fsp3) is 0.188. The first kappa shape index (κ1) is 11.1. The topological polar surface area (TPSA) is 15.6 Å². The summed E-state index contributed by atoms with van der Waals surface area (Å²) in [6.45, 7) is 4.14. The van der Waals surface area contributed by atoms with E-state index < -0.39 is 0 Å². The molecule has 0 radical (unpaired) electrons. The predicted octanol–water partition coefficient (Wildman–Crippen LogP) is 3.82. The molecule has 0 aromatic heterocycles. The molecule has 4 rings (SSSR count). The molecule has 0 spiro atoms. The third kappa shape index (κ3) is 1.69. The number of fused-ring (bicyclic) bond motifs is 2. The molecule has 0 bridgehead atoms. The largest absolute Gasteiger partial charge is 0.325 e. The van der Waals surface area contributed by atoms with Crippen LogP contribution in [0.15, 0.2) is 47.6 Å². The van der Waals surface area contributed by atoms with E-state index in [0.717, 1.165) is 18.3 Å². The Morgan fingerprint density at radius 3 is 2.79 bits per heavy atom. The van der Waals surface area contributed by atoms with Gasteiger partial charge in [0.2, 0.25) is 0 Å². The van der Waals surface area contributed by atoms with E-state index in [1.807, 2.05) is 0 Å². The van der Waals surface area contributed by atoms with Gasteiger partial charge in [-0.05, 0) is 47.0 Å². The molecule has 0 saturated carbocycles. The van der Waals surface area contributed by atoms with Gasteiger partial charge in [0.05, 0.1) is 6.54 Å². The fourth-order valence-electron chi connectivity index (χ4n) is 2.74. The summed E-state index contributed by atoms with van der Waals surface area (Å²) in [5, 5.41) is 1.15. The molecule has 2 aliphatic heterocycles. The molecule has 19 heavy (non-hydrogen) atoms. The maximum atomic E-state index is 4.53. The average Bonchev–Trinajstić information content (AvgIpc) is 2.98. The summed E-state index contributed by atoms with van der Waals surface area (Å²) in [7, 11) is 0. The number of amidine groups is 1. The Morgan fingerprint density at radius 2 is 1.95 bits per heavy atom. The highest BCUT2D eigenvalue weighted by Crippen LogP contribution is 2.44. The van der Waals surface area contributed by atoms with Crippen LogP contribution in [0.2, 0.25) is 0 Å². The normalized spacial score (nSPS) is 17.6. The SMILES string of the molecule is Cc1cc(C2=CN3CCN=C3S2)c2cccccc1-2. The van der Waals surface area contributed by atoms with Gasteiger partial charge in [0.1, 0.15) is 0 Å². The lowest BCUT2D eigenvalue weighted by molar-refractivity contribution is 0.626. The zero-order chi connectivity index (χ0) is 12.8. The molecule has 0 saturated heterocycles. The summed E-state index contributed by atoms with van der Waals surface area (Å²) in [4.78, 5) is 8.11. The van der Waals surface area contributed by atoms with Crippen molar-refractivity contribution in [2.24, 2.45) is 4.99 Å². The first-order chi connectivity index (χ1) is 9.33. The Labute approximate surface area is 117 Å². The van der Waals surface area contributed by atoms with Gasteiger partial charge in [-0.2, -0.15) is 0 Å². The van der Waals surface area contributed by atoms with E-state index in [1.54, 1.807) is 11.8 Å². The van der Waals surface area contributed by atoms with Crippen LogP contribution >= 0.6 is 11.8 Å². The minimum absolute atomic E-state index is 0.932. The van der Waals surface area contributed by atoms with Crippen molar-refractivity contribution in [1.29, 1.82) is 0 Å². The van der Waals surface area contributed by atoms with E-state index in [1.165, 1.54) is 27.2 Å². The van der Waals surface area contributed by atoms with Crippen molar-refractivity contribution in [2.45, 2.75) is 6.92 Å². The second kappa shape index (κ2) is 4.14. The van der Waals surface area contributed by atoms with Crippen molar-refractivity contribution in [1.82, 2.24) is 4.90 Å². The van der Waals surface area contributed by atoms with Crippen molar-refractivity contribution in [2.75, 3.05) is 13.1 Å². The van der Waals surface area contributed by atoms with Crippen molar-refractivity contribution in [3.63, 3.8) is 0 Å². The van der Waals surface area contributed by atoms with Crippen LogP contribution in [-0.4, -0.2) is 23.2 Å². The summed E-state index contributed by atoms with van der Waals surface area (Å²) in [6, 6.07) is 13.0. The molecule has 0 amide bonds. The van der Waals surface area contributed by atoms with Gasteiger partial charge >= 0.3 is 0 Å². The Bertz CT molecular complexity index is 687. The summed E-state index contributed by atoms with van der Waals surface area (Å²) in [6.07, 6.45) is 2.25. The molecule has 0 aromatic rings. The molecule has 0 N–H and O–H groups in total. The van der Waals surface area contributed by atoms with Gasteiger partial charge in [-0.3, -0.25) is 4.99 Å². The molecule has 0 unspecified atom stereocenters. The quantitative estimate of drug-likeness (QED) is 0.780. The third-order valence-corrected chi connectivity index (χ3v) is 4.78. The van der Waals surface area contributed by atoms with Gasteiger partial charge in [-0.25, -0.2) is 0 Å². The van der Waals surface area contributed by atoms with Gasteiger partial charge in [-0.15, -0.1) is 0 Å². The number of aryl methyl sites for hydroxylation is 1. The fourth-order valence-corrected chi connectivity index (χ4v) is 3.82. The Kier molecular flexibility index (Phi) is 2.42. The van der Waals surface area contributed by atoms with Gasteiger partial charge < -0.3 is 4.90 Å². The number of hydrogen-bond donors (Lipinski definition) is 0. The first-order valence-corrected chi connectivity index (χ1v) is 7.34. The lowest BCUT2D eigenvalue weighted by atomic mass is 10.1. The van der Waals surface area contributed by atoms with Gasteiger partial charge in [-0.1, -0.05) is 30.3 Å². The number of aliphatic imine (C=N–C) groups is 1. The molecule has 0 aromatic carbocycles. The summed E-state index contributed by atoms with van der Waals surface area (Å²) in [5.74, 6) is 0. The van der Waals surface area contributed by atoms with E-state index in [-0.39, 0.29) is 0 Å². The maximum absolute atomic E-state index is 4.53. The summed E-state index contributed by atoms with van der Waals surface area (Å²) < 4.78 is 0. The van der Waals surface area contributed by atoms with Crippen LogP contribution in [-0.2, 0) is 0 Å². The molecular formula is C16H14N2S. The Hall–Kier alpha value is -1.74. The van der Waals surface area contributed by atoms with Crippen LogP contribution < -0.4 is 0 Å². The van der Waals surface area contributed by atoms with E-state index in [9.17, 15) is 0 Å². The Balaban J connectivity index is 1.84. The summed E-state index contributed by atoms with van der Waals surface area (Å²) in [5.41, 5.74) is 5.36. The molecule has 0 atom stereocenters. The highest BCUT2D eigenvalue weighted by molar-refractivity contribution is 8.22. The molecule has 2 nitrogen and oxygen atoms in total. The van der Waals surface area contributed by atoms with Gasteiger partial charge in [0.15, 0.2) is 5.17 Å². The zero-order valence-corrected chi connectivity index (χ0v) is 11.6. The van der Waals surface area contributed by atoms with Crippen molar-refractivity contribution in [3.8, 4) is 11.1 Å². The molecule has 2 aliphatic carbocycles. The van der Waals surface area contributed by atoms with Gasteiger partial charge in [0.25, 0.3) is 0 Å². The van der Waals surface area contributed by atoms with Crippen molar-refractivity contribution in [3.05, 3.63) is 53.7 Å². The number of thioether (sulfide) groups is 1. The molecule has 3 heteroatoms. The van der Waals surface area contributed by atoms with Crippen LogP contribution in [0.1, 0.15) is 11.1 Å². The number of hydrogen-bond acceptors (Lipinski definition) is 3. The van der Waals surface area contributed by atoms with E-state index >= 15 is 0 Å². The second-order valence-corrected chi connectivity index (χ2v) is 5.94. The van der Waals surface area contributed by atoms with E-state index in [2.05, 4.69) is 59.4 Å². The lowest BCUT2D eigenvalue weighted by Crippen LogP contribution is -2.14. The molecule has 2 heterocycles. The minimum Gasteiger partial charge on any atom is -0.325 e. The predicted molar refractivity (Wildman–Crippen MR) is 82.4 cm³/mol.